The van der Waals surface area contributed by atoms with E-state index in [4.69, 9.17) is 23.2 Å². The Labute approximate surface area is 114 Å². The van der Waals surface area contributed by atoms with Gasteiger partial charge in [0.1, 0.15) is 0 Å². The van der Waals surface area contributed by atoms with Crippen LogP contribution < -0.4 is 5.32 Å². The van der Waals surface area contributed by atoms with E-state index in [-0.39, 0.29) is 12.5 Å². The molecule has 0 amide bonds. The first-order chi connectivity index (χ1) is 8.28. The predicted molar refractivity (Wildman–Crippen MR) is 68.3 cm³/mol. The summed E-state index contributed by atoms with van der Waals surface area (Å²) in [6.07, 6.45) is -3.59. The van der Waals surface area contributed by atoms with Gasteiger partial charge in [-0.25, -0.2) is 0 Å². The Hall–Kier alpha value is -0.450. The van der Waals surface area contributed by atoms with Gasteiger partial charge < -0.3 is 5.32 Å². The van der Waals surface area contributed by atoms with Crippen LogP contribution in [0.15, 0.2) is 18.2 Å². The van der Waals surface area contributed by atoms with Crippen LogP contribution in [0.2, 0.25) is 10.0 Å². The van der Waals surface area contributed by atoms with Gasteiger partial charge in [0.05, 0.1) is 6.54 Å². The third-order valence-corrected chi connectivity index (χ3v) is 3.00. The molecular formula is C12H14Cl2F3N. The zero-order valence-corrected chi connectivity index (χ0v) is 11.3. The fourth-order valence-electron chi connectivity index (χ4n) is 1.61. The lowest BCUT2D eigenvalue weighted by molar-refractivity contribution is -0.125. The molecule has 6 heteroatoms. The minimum atomic E-state index is -4.17. The Morgan fingerprint density at radius 2 is 1.94 bits per heavy atom. The van der Waals surface area contributed by atoms with Gasteiger partial charge in [0, 0.05) is 10.0 Å². The van der Waals surface area contributed by atoms with E-state index >= 15 is 0 Å². The number of alkyl halides is 3. The van der Waals surface area contributed by atoms with Crippen molar-refractivity contribution in [1.82, 2.24) is 5.32 Å². The second-order valence-corrected chi connectivity index (χ2v) is 5.13. The first-order valence-corrected chi connectivity index (χ1v) is 6.25. The summed E-state index contributed by atoms with van der Waals surface area (Å²) in [6, 6.07) is 5.11. The Morgan fingerprint density at radius 1 is 1.28 bits per heavy atom. The molecule has 0 radical (unpaired) electrons. The van der Waals surface area contributed by atoms with Crippen molar-refractivity contribution < 1.29 is 13.2 Å². The largest absolute Gasteiger partial charge is 0.401 e. The van der Waals surface area contributed by atoms with E-state index in [1.165, 1.54) is 0 Å². The van der Waals surface area contributed by atoms with E-state index in [0.717, 1.165) is 5.56 Å². The van der Waals surface area contributed by atoms with Crippen molar-refractivity contribution in [3.8, 4) is 0 Å². The van der Waals surface area contributed by atoms with Gasteiger partial charge >= 0.3 is 6.18 Å². The zero-order valence-electron chi connectivity index (χ0n) is 9.82. The van der Waals surface area contributed by atoms with E-state index in [0.29, 0.717) is 16.5 Å². The molecule has 0 heterocycles. The summed E-state index contributed by atoms with van der Waals surface area (Å²) in [4.78, 5) is 0. The zero-order chi connectivity index (χ0) is 13.8. The summed E-state index contributed by atoms with van der Waals surface area (Å²) in [5.41, 5.74) is 0.852. The number of hydrogen-bond donors (Lipinski definition) is 1. The highest BCUT2D eigenvalue weighted by Gasteiger charge is 2.26. The average molecular weight is 300 g/mol. The van der Waals surface area contributed by atoms with Crippen molar-refractivity contribution in [2.75, 3.05) is 13.1 Å². The Morgan fingerprint density at radius 3 is 2.56 bits per heavy atom. The van der Waals surface area contributed by atoms with Gasteiger partial charge in [0.2, 0.25) is 0 Å². The van der Waals surface area contributed by atoms with E-state index in [9.17, 15) is 13.2 Å². The van der Waals surface area contributed by atoms with Crippen molar-refractivity contribution >= 4 is 23.2 Å². The standard InChI is InChI=1S/C12H14Cl2F3N/c1-8(6-18-7-12(15,16)17)4-9-5-10(13)2-3-11(9)14/h2-3,5,8,18H,4,6-7H2,1H3. The molecule has 0 saturated heterocycles. The molecule has 0 aliphatic rings. The van der Waals surface area contributed by atoms with Crippen LogP contribution in [0.25, 0.3) is 0 Å². The van der Waals surface area contributed by atoms with Crippen LogP contribution in [-0.4, -0.2) is 19.3 Å². The molecule has 0 aromatic heterocycles. The maximum atomic E-state index is 11.9. The molecule has 1 aromatic carbocycles. The van der Waals surface area contributed by atoms with Gasteiger partial charge in [0.25, 0.3) is 0 Å². The fourth-order valence-corrected chi connectivity index (χ4v) is 2.00. The Kier molecular flexibility index (Phi) is 5.76. The van der Waals surface area contributed by atoms with Gasteiger partial charge in [-0.1, -0.05) is 30.1 Å². The number of nitrogens with one attached hydrogen (secondary N) is 1. The molecule has 1 aromatic rings. The Balaban J connectivity index is 2.44. The summed E-state index contributed by atoms with van der Waals surface area (Å²) < 4.78 is 35.8. The van der Waals surface area contributed by atoms with Crippen molar-refractivity contribution in [3.05, 3.63) is 33.8 Å². The molecule has 102 valence electrons. The highest BCUT2D eigenvalue weighted by molar-refractivity contribution is 6.33. The summed E-state index contributed by atoms with van der Waals surface area (Å²) >= 11 is 11.8. The first-order valence-electron chi connectivity index (χ1n) is 5.49. The summed E-state index contributed by atoms with van der Waals surface area (Å²) in [7, 11) is 0. The molecule has 0 saturated carbocycles. The molecule has 1 rings (SSSR count). The van der Waals surface area contributed by atoms with Crippen molar-refractivity contribution in [2.45, 2.75) is 19.5 Å². The molecule has 0 bridgehead atoms. The van der Waals surface area contributed by atoms with Crippen LogP contribution in [0.3, 0.4) is 0 Å². The van der Waals surface area contributed by atoms with Crippen molar-refractivity contribution in [3.63, 3.8) is 0 Å². The lowest BCUT2D eigenvalue weighted by Crippen LogP contribution is -2.32. The average Bonchev–Trinajstić information content (AvgIpc) is 2.21. The highest BCUT2D eigenvalue weighted by atomic mass is 35.5. The molecular weight excluding hydrogens is 286 g/mol. The molecule has 1 nitrogen and oxygen atoms in total. The van der Waals surface area contributed by atoms with E-state index in [2.05, 4.69) is 5.32 Å². The fraction of sp³-hybridized carbons (Fsp3) is 0.500. The smallest absolute Gasteiger partial charge is 0.308 e. The minimum absolute atomic E-state index is 0.0447. The normalized spacial score (nSPS) is 13.7. The van der Waals surface area contributed by atoms with Crippen LogP contribution in [0, 0.1) is 5.92 Å². The first kappa shape index (κ1) is 15.6. The van der Waals surface area contributed by atoms with Crippen LogP contribution in [0.4, 0.5) is 13.2 Å². The quantitative estimate of drug-likeness (QED) is 0.853. The molecule has 0 fully saturated rings. The second kappa shape index (κ2) is 6.64. The van der Waals surface area contributed by atoms with Crippen LogP contribution in [-0.2, 0) is 6.42 Å². The highest BCUT2D eigenvalue weighted by Crippen LogP contribution is 2.23. The monoisotopic (exact) mass is 299 g/mol. The lowest BCUT2D eigenvalue weighted by atomic mass is 10.0. The van der Waals surface area contributed by atoms with Crippen LogP contribution in [0.1, 0.15) is 12.5 Å². The summed E-state index contributed by atoms with van der Waals surface area (Å²) in [6.45, 7) is 1.17. The Bertz CT molecular complexity index is 393. The van der Waals surface area contributed by atoms with Gasteiger partial charge in [-0.05, 0) is 42.6 Å². The van der Waals surface area contributed by atoms with Crippen LogP contribution >= 0.6 is 23.2 Å². The predicted octanol–water partition coefficient (Wildman–Crippen LogP) is 4.32. The van der Waals surface area contributed by atoms with Gasteiger partial charge in [-0.2, -0.15) is 13.2 Å². The molecule has 0 spiro atoms. The van der Waals surface area contributed by atoms with Crippen LogP contribution in [0.5, 0.6) is 0 Å². The molecule has 1 unspecified atom stereocenters. The summed E-state index contributed by atoms with van der Waals surface area (Å²) in [5, 5.41) is 3.54. The van der Waals surface area contributed by atoms with E-state index < -0.39 is 12.7 Å². The van der Waals surface area contributed by atoms with Gasteiger partial charge in [0.15, 0.2) is 0 Å². The van der Waals surface area contributed by atoms with Gasteiger partial charge in [-0.15, -0.1) is 0 Å². The minimum Gasteiger partial charge on any atom is -0.308 e. The third-order valence-electron chi connectivity index (χ3n) is 2.39. The molecule has 0 aliphatic heterocycles. The molecule has 1 atom stereocenters. The molecule has 18 heavy (non-hydrogen) atoms. The topological polar surface area (TPSA) is 12.0 Å². The molecule has 0 aliphatic carbocycles. The molecule has 1 N–H and O–H groups in total. The second-order valence-electron chi connectivity index (χ2n) is 4.29. The maximum absolute atomic E-state index is 11.9. The lowest BCUT2D eigenvalue weighted by Gasteiger charge is -2.15. The van der Waals surface area contributed by atoms with Crippen molar-refractivity contribution in [1.29, 1.82) is 0 Å². The number of rotatable bonds is 5. The number of halogens is 5. The third kappa shape index (κ3) is 5.94. The SMILES string of the molecule is CC(CNCC(F)(F)F)Cc1cc(Cl)ccc1Cl. The number of hydrogen-bond acceptors (Lipinski definition) is 1. The van der Waals surface area contributed by atoms with E-state index in [1.54, 1.807) is 18.2 Å². The summed E-state index contributed by atoms with van der Waals surface area (Å²) in [5.74, 6) is 0.0447. The van der Waals surface area contributed by atoms with E-state index in [1.807, 2.05) is 6.92 Å². The maximum Gasteiger partial charge on any atom is 0.401 e. The van der Waals surface area contributed by atoms with Gasteiger partial charge in [-0.3, -0.25) is 0 Å². The van der Waals surface area contributed by atoms with Crippen molar-refractivity contribution in [2.24, 2.45) is 5.92 Å². The number of benzene rings is 1.